The Morgan fingerprint density at radius 1 is 0.970 bits per heavy atom. The molecule has 0 saturated carbocycles. The number of sulfonamides is 1. The molecule has 1 amide bonds. The van der Waals surface area contributed by atoms with Crippen LogP contribution >= 0.6 is 0 Å². The van der Waals surface area contributed by atoms with Gasteiger partial charge in [0.15, 0.2) is 0 Å². The number of nitrogens with zero attached hydrogens (tertiary/aromatic N) is 1. The lowest BCUT2D eigenvalue weighted by Crippen LogP contribution is -2.40. The third-order valence-corrected chi connectivity index (χ3v) is 6.74. The van der Waals surface area contributed by atoms with E-state index in [1.807, 2.05) is 50.2 Å². The Kier molecular flexibility index (Phi) is 7.95. The normalized spacial score (nSPS) is 11.0. The van der Waals surface area contributed by atoms with Crippen LogP contribution in [0.2, 0.25) is 0 Å². The van der Waals surface area contributed by atoms with E-state index in [0.717, 1.165) is 15.4 Å². The van der Waals surface area contributed by atoms with Crippen molar-refractivity contribution in [2.45, 2.75) is 25.3 Å². The van der Waals surface area contributed by atoms with Crippen molar-refractivity contribution in [2.75, 3.05) is 24.6 Å². The van der Waals surface area contributed by atoms with Crippen LogP contribution in [0.1, 0.15) is 18.1 Å². The molecule has 0 fully saturated rings. The molecule has 0 aliphatic heterocycles. The van der Waals surface area contributed by atoms with Crippen LogP contribution in [-0.2, 0) is 21.4 Å². The first-order valence-electron chi connectivity index (χ1n) is 10.6. The third-order valence-electron chi connectivity index (χ3n) is 4.96. The largest absolute Gasteiger partial charge is 0.497 e. The first kappa shape index (κ1) is 24.1. The van der Waals surface area contributed by atoms with Gasteiger partial charge < -0.3 is 14.8 Å². The predicted octanol–water partition coefficient (Wildman–Crippen LogP) is 3.91. The molecule has 33 heavy (non-hydrogen) atoms. The third kappa shape index (κ3) is 6.26. The summed E-state index contributed by atoms with van der Waals surface area (Å²) in [6.45, 7) is 4.25. The van der Waals surface area contributed by atoms with Gasteiger partial charge in [0.2, 0.25) is 5.91 Å². The highest BCUT2D eigenvalue weighted by molar-refractivity contribution is 7.92. The predicted molar refractivity (Wildman–Crippen MR) is 128 cm³/mol. The molecule has 3 aromatic carbocycles. The zero-order valence-electron chi connectivity index (χ0n) is 18.9. The zero-order chi connectivity index (χ0) is 23.8. The summed E-state index contributed by atoms with van der Waals surface area (Å²) < 4.78 is 38.6. The molecule has 0 aliphatic carbocycles. The fraction of sp³-hybridized carbons (Fsp3) is 0.240. The smallest absolute Gasteiger partial charge is 0.264 e. The van der Waals surface area contributed by atoms with Gasteiger partial charge in [-0.15, -0.1) is 0 Å². The highest BCUT2D eigenvalue weighted by atomic mass is 32.2. The number of ether oxygens (including phenoxy) is 2. The van der Waals surface area contributed by atoms with Gasteiger partial charge in [-0.2, -0.15) is 0 Å². The maximum atomic E-state index is 13.4. The molecule has 8 heteroatoms. The van der Waals surface area contributed by atoms with Crippen molar-refractivity contribution in [3.05, 3.63) is 83.9 Å². The fourth-order valence-electron chi connectivity index (χ4n) is 3.20. The number of methoxy groups -OCH3 is 1. The highest BCUT2D eigenvalue weighted by Crippen LogP contribution is 2.25. The summed E-state index contributed by atoms with van der Waals surface area (Å²) in [4.78, 5) is 12.9. The van der Waals surface area contributed by atoms with E-state index < -0.39 is 15.9 Å². The number of benzene rings is 3. The minimum Gasteiger partial charge on any atom is -0.497 e. The summed E-state index contributed by atoms with van der Waals surface area (Å²) in [7, 11) is -2.48. The Hall–Kier alpha value is -3.52. The number of hydrogen-bond acceptors (Lipinski definition) is 5. The Balaban J connectivity index is 1.81. The minimum absolute atomic E-state index is 0.0705. The molecule has 3 rings (SSSR count). The zero-order valence-corrected chi connectivity index (χ0v) is 19.8. The van der Waals surface area contributed by atoms with Crippen LogP contribution in [0.4, 0.5) is 5.69 Å². The number of anilines is 1. The van der Waals surface area contributed by atoms with Crippen molar-refractivity contribution in [1.82, 2.24) is 5.32 Å². The number of amides is 1. The summed E-state index contributed by atoms with van der Waals surface area (Å²) in [5.41, 5.74) is 2.25. The van der Waals surface area contributed by atoms with Crippen LogP contribution in [0.15, 0.2) is 77.7 Å². The summed E-state index contributed by atoms with van der Waals surface area (Å²) in [6.07, 6.45) is 0. The fourth-order valence-corrected chi connectivity index (χ4v) is 4.62. The van der Waals surface area contributed by atoms with Crippen molar-refractivity contribution in [2.24, 2.45) is 0 Å². The lowest BCUT2D eigenvalue weighted by atomic mass is 10.2. The summed E-state index contributed by atoms with van der Waals surface area (Å²) in [5.74, 6) is 0.838. The molecule has 3 aromatic rings. The van der Waals surface area contributed by atoms with Gasteiger partial charge in [-0.3, -0.25) is 9.10 Å². The number of rotatable bonds is 10. The van der Waals surface area contributed by atoms with Gasteiger partial charge in [-0.05, 0) is 67.9 Å². The first-order valence-corrected chi connectivity index (χ1v) is 12.0. The molecule has 0 aliphatic rings. The molecule has 0 atom stereocenters. The van der Waals surface area contributed by atoms with E-state index in [4.69, 9.17) is 9.47 Å². The maximum Gasteiger partial charge on any atom is 0.264 e. The molecule has 0 spiro atoms. The number of nitrogens with one attached hydrogen (secondary N) is 1. The Morgan fingerprint density at radius 3 is 2.30 bits per heavy atom. The molecule has 7 nitrogen and oxygen atoms in total. The van der Waals surface area contributed by atoms with Crippen LogP contribution in [0.5, 0.6) is 11.5 Å². The Bertz CT molecular complexity index is 1180. The van der Waals surface area contributed by atoms with Gasteiger partial charge in [-0.25, -0.2) is 8.42 Å². The molecule has 0 bridgehead atoms. The van der Waals surface area contributed by atoms with Gasteiger partial charge in [0.05, 0.1) is 24.3 Å². The van der Waals surface area contributed by atoms with E-state index in [1.54, 1.807) is 24.3 Å². The van der Waals surface area contributed by atoms with E-state index in [-0.39, 0.29) is 18.0 Å². The SMILES string of the molecule is CCOc1cccc(CNC(=O)CN(c2ccc(C)cc2)S(=O)(=O)c2ccc(OC)cc2)c1. The second-order valence-corrected chi connectivity index (χ2v) is 9.24. The molecule has 0 aromatic heterocycles. The monoisotopic (exact) mass is 468 g/mol. The van der Waals surface area contributed by atoms with Crippen LogP contribution in [0.25, 0.3) is 0 Å². The van der Waals surface area contributed by atoms with Crippen LogP contribution in [0, 0.1) is 6.92 Å². The number of carbonyl (C=O) groups excluding carboxylic acids is 1. The van der Waals surface area contributed by atoms with Gasteiger partial charge >= 0.3 is 0 Å². The standard InChI is InChI=1S/C25H28N2O5S/c1-4-32-23-7-5-6-20(16-23)17-26-25(28)18-27(21-10-8-19(2)9-11-21)33(29,30)24-14-12-22(31-3)13-15-24/h5-16H,4,17-18H2,1-3H3,(H,26,28). The molecule has 0 heterocycles. The second-order valence-electron chi connectivity index (χ2n) is 7.38. The second kappa shape index (κ2) is 10.9. The van der Waals surface area contributed by atoms with Crippen molar-refractivity contribution < 1.29 is 22.7 Å². The summed E-state index contributed by atoms with van der Waals surface area (Å²) in [6, 6.07) is 20.5. The first-order chi connectivity index (χ1) is 15.8. The maximum absolute atomic E-state index is 13.4. The molecule has 0 saturated heterocycles. The average molecular weight is 469 g/mol. The van der Waals surface area contributed by atoms with Gasteiger partial charge in [-0.1, -0.05) is 29.8 Å². The molecule has 0 unspecified atom stereocenters. The molecule has 0 radical (unpaired) electrons. The topological polar surface area (TPSA) is 84.9 Å². The highest BCUT2D eigenvalue weighted by Gasteiger charge is 2.27. The summed E-state index contributed by atoms with van der Waals surface area (Å²) in [5, 5.41) is 2.80. The minimum atomic E-state index is -3.99. The quantitative estimate of drug-likeness (QED) is 0.488. The van der Waals surface area contributed by atoms with E-state index in [1.165, 1.54) is 19.2 Å². The van der Waals surface area contributed by atoms with Crippen molar-refractivity contribution in [3.8, 4) is 11.5 Å². The molecular formula is C25H28N2O5S. The van der Waals surface area contributed by atoms with Gasteiger partial charge in [0.25, 0.3) is 10.0 Å². The van der Waals surface area contributed by atoms with Gasteiger partial charge in [0.1, 0.15) is 18.0 Å². The van der Waals surface area contributed by atoms with Crippen LogP contribution in [0.3, 0.4) is 0 Å². The van der Waals surface area contributed by atoms with E-state index >= 15 is 0 Å². The number of aryl methyl sites for hydroxylation is 1. The Morgan fingerprint density at radius 2 is 1.67 bits per heavy atom. The molecule has 174 valence electrons. The lowest BCUT2D eigenvalue weighted by molar-refractivity contribution is -0.119. The summed E-state index contributed by atoms with van der Waals surface area (Å²) >= 11 is 0. The number of carbonyl (C=O) groups is 1. The van der Waals surface area contributed by atoms with Crippen LogP contribution < -0.4 is 19.1 Å². The van der Waals surface area contributed by atoms with E-state index in [9.17, 15) is 13.2 Å². The van der Waals surface area contributed by atoms with Gasteiger partial charge in [0, 0.05) is 6.54 Å². The average Bonchev–Trinajstić information content (AvgIpc) is 2.82. The van der Waals surface area contributed by atoms with Crippen LogP contribution in [-0.4, -0.2) is 34.6 Å². The van der Waals surface area contributed by atoms with Crippen molar-refractivity contribution in [3.63, 3.8) is 0 Å². The Labute approximate surface area is 195 Å². The van der Waals surface area contributed by atoms with E-state index in [0.29, 0.717) is 23.8 Å². The van der Waals surface area contributed by atoms with E-state index in [2.05, 4.69) is 5.32 Å². The lowest BCUT2D eigenvalue weighted by Gasteiger charge is -2.24. The molecule has 1 N–H and O–H groups in total. The number of hydrogen-bond donors (Lipinski definition) is 1. The van der Waals surface area contributed by atoms with Crippen molar-refractivity contribution >= 4 is 21.6 Å². The molecular weight excluding hydrogens is 440 g/mol. The van der Waals surface area contributed by atoms with Crippen molar-refractivity contribution in [1.29, 1.82) is 0 Å².